The van der Waals surface area contributed by atoms with Crippen LogP contribution >= 0.6 is 15.9 Å². The molecular weight excluding hydrogens is 382 g/mol. The van der Waals surface area contributed by atoms with Gasteiger partial charge in [0.2, 0.25) is 0 Å². The second kappa shape index (κ2) is 7.11. The average Bonchev–Trinajstić information content (AvgIpc) is 2.91. The molecule has 3 rings (SSSR count). The molecule has 1 aromatic heterocycles. The van der Waals surface area contributed by atoms with Crippen molar-refractivity contribution in [2.45, 2.75) is 6.54 Å². The second-order valence-corrected chi connectivity index (χ2v) is 6.64. The first kappa shape index (κ1) is 17.2. The fraction of sp³-hybridized carbons (Fsp3) is 0.158. The Morgan fingerprint density at radius 1 is 1.24 bits per heavy atom. The lowest BCUT2D eigenvalue weighted by molar-refractivity contribution is -0.667. The fourth-order valence-electron chi connectivity index (χ4n) is 2.67. The molecule has 2 aromatic carbocycles. The van der Waals surface area contributed by atoms with Gasteiger partial charge in [-0.3, -0.25) is 10.5 Å². The van der Waals surface area contributed by atoms with E-state index in [1.54, 1.807) is 29.9 Å². The van der Waals surface area contributed by atoms with Crippen molar-refractivity contribution in [1.82, 2.24) is 4.57 Å². The fourth-order valence-corrected chi connectivity index (χ4v) is 2.94. The summed E-state index contributed by atoms with van der Waals surface area (Å²) in [6, 6.07) is 15.1. The molecule has 25 heavy (non-hydrogen) atoms. The lowest BCUT2D eigenvalue weighted by Gasteiger charge is -2.03. The molecule has 3 aromatic rings. The lowest BCUT2D eigenvalue weighted by Crippen LogP contribution is -2.39. The summed E-state index contributed by atoms with van der Waals surface area (Å²) in [6.45, 7) is 0.170. The Morgan fingerprint density at radius 2 is 1.96 bits per heavy atom. The van der Waals surface area contributed by atoms with Crippen molar-refractivity contribution in [3.63, 3.8) is 0 Å². The Kier molecular flexibility index (Phi) is 4.90. The first-order valence-electron chi connectivity index (χ1n) is 7.77. The summed E-state index contributed by atoms with van der Waals surface area (Å²) < 4.78 is 9.83. The molecule has 0 saturated carbocycles. The van der Waals surface area contributed by atoms with Gasteiger partial charge in [-0.05, 0) is 24.3 Å². The zero-order chi connectivity index (χ0) is 18.0. The maximum atomic E-state index is 12.6. The number of hydrogen-bond acceptors (Lipinski definition) is 3. The molecule has 0 aliphatic carbocycles. The smallest absolute Gasteiger partial charge is 0.355 e. The standard InChI is InChI=1S/C19H18BrN3O2/c1-22-17(13-6-8-15(20)9-7-13)11-23(19(22)21)12-18(24)14-4-3-5-16(10-14)25-2/h3-11,21H,12H2,1-2H3/p+1. The third kappa shape index (κ3) is 3.58. The van der Waals surface area contributed by atoms with Crippen molar-refractivity contribution < 1.29 is 14.1 Å². The van der Waals surface area contributed by atoms with Gasteiger partial charge in [0.05, 0.1) is 14.2 Å². The monoisotopic (exact) mass is 400 g/mol. The number of carbonyl (C=O) groups excluding carboxylic acids is 1. The number of nitrogens with two attached hydrogens (primary N) is 1. The number of ether oxygens (including phenoxy) is 1. The molecule has 0 radical (unpaired) electrons. The molecule has 0 bridgehead atoms. The van der Waals surface area contributed by atoms with Crippen molar-refractivity contribution >= 4 is 27.7 Å². The summed E-state index contributed by atoms with van der Waals surface area (Å²) in [7, 11) is 3.47. The number of nitrogen functional groups attached to an aromatic ring is 1. The molecule has 0 fully saturated rings. The van der Waals surface area contributed by atoms with E-state index in [0.29, 0.717) is 17.3 Å². The number of rotatable bonds is 5. The highest BCUT2D eigenvalue weighted by molar-refractivity contribution is 9.10. The van der Waals surface area contributed by atoms with Crippen LogP contribution in [0.15, 0.2) is 59.2 Å². The van der Waals surface area contributed by atoms with Crippen molar-refractivity contribution in [3.05, 3.63) is 64.8 Å². The number of carbonyl (C=O) groups is 1. The van der Waals surface area contributed by atoms with E-state index in [1.807, 2.05) is 48.1 Å². The van der Waals surface area contributed by atoms with Crippen molar-refractivity contribution in [2.24, 2.45) is 7.05 Å². The zero-order valence-corrected chi connectivity index (χ0v) is 15.7. The van der Waals surface area contributed by atoms with Gasteiger partial charge < -0.3 is 4.74 Å². The average molecular weight is 401 g/mol. The predicted octanol–water partition coefficient (Wildman–Crippen LogP) is 3.22. The largest absolute Gasteiger partial charge is 0.497 e. The molecule has 0 unspecified atom stereocenters. The number of anilines is 1. The van der Waals surface area contributed by atoms with Gasteiger partial charge in [0.15, 0.2) is 5.78 Å². The summed E-state index contributed by atoms with van der Waals surface area (Å²) in [5.41, 5.74) is 8.77. The lowest BCUT2D eigenvalue weighted by atomic mass is 10.1. The van der Waals surface area contributed by atoms with Crippen LogP contribution in [-0.2, 0) is 13.6 Å². The molecule has 0 atom stereocenters. The van der Waals surface area contributed by atoms with Gasteiger partial charge in [-0.1, -0.05) is 40.2 Å². The molecular formula is C19H19BrN3O2+. The highest BCUT2D eigenvalue weighted by Gasteiger charge is 2.20. The predicted molar refractivity (Wildman–Crippen MR) is 100 cm³/mol. The topological polar surface area (TPSA) is 61.1 Å². The van der Waals surface area contributed by atoms with Crippen molar-refractivity contribution in [3.8, 4) is 17.0 Å². The number of benzene rings is 2. The van der Waals surface area contributed by atoms with Crippen LogP contribution < -0.4 is 15.0 Å². The highest BCUT2D eigenvalue weighted by Crippen LogP contribution is 2.22. The summed E-state index contributed by atoms with van der Waals surface area (Å²) in [4.78, 5) is 12.6. The summed E-state index contributed by atoms with van der Waals surface area (Å²) in [5, 5.41) is 0. The van der Waals surface area contributed by atoms with E-state index in [0.717, 1.165) is 15.7 Å². The van der Waals surface area contributed by atoms with Crippen LogP contribution in [0, 0.1) is 0 Å². The number of hydrogen-bond donors (Lipinski definition) is 1. The van der Waals surface area contributed by atoms with Gasteiger partial charge in [0.25, 0.3) is 0 Å². The van der Waals surface area contributed by atoms with Gasteiger partial charge in [0.1, 0.15) is 24.2 Å². The van der Waals surface area contributed by atoms with Crippen molar-refractivity contribution in [1.29, 1.82) is 0 Å². The number of Topliss-reactive ketones (excluding diaryl/α,β-unsaturated/α-hetero) is 1. The van der Waals surface area contributed by atoms with E-state index in [9.17, 15) is 4.79 Å². The van der Waals surface area contributed by atoms with Crippen LogP contribution in [0.25, 0.3) is 11.3 Å². The van der Waals surface area contributed by atoms with Crippen LogP contribution in [0.3, 0.4) is 0 Å². The van der Waals surface area contributed by atoms with Crippen LogP contribution in [0.1, 0.15) is 10.4 Å². The molecule has 0 spiro atoms. The Labute approximate surface area is 154 Å². The van der Waals surface area contributed by atoms with Crippen LogP contribution in [0.2, 0.25) is 0 Å². The quantitative estimate of drug-likeness (QED) is 0.528. The number of ketones is 1. The number of methoxy groups -OCH3 is 1. The molecule has 128 valence electrons. The van der Waals surface area contributed by atoms with E-state index in [1.165, 1.54) is 0 Å². The number of halogens is 1. The normalized spacial score (nSPS) is 10.7. The molecule has 0 aliphatic heterocycles. The van der Waals surface area contributed by atoms with Gasteiger partial charge in [-0.25, -0.2) is 9.13 Å². The second-order valence-electron chi connectivity index (χ2n) is 5.72. The van der Waals surface area contributed by atoms with Gasteiger partial charge >= 0.3 is 5.95 Å². The minimum absolute atomic E-state index is 0.0245. The first-order valence-corrected chi connectivity index (χ1v) is 8.56. The number of aromatic nitrogens is 2. The molecule has 0 amide bonds. The van der Waals surface area contributed by atoms with Crippen LogP contribution in [0.5, 0.6) is 5.75 Å². The first-order chi connectivity index (χ1) is 12.0. The minimum atomic E-state index is -0.0245. The number of imidazole rings is 1. The minimum Gasteiger partial charge on any atom is -0.497 e. The highest BCUT2D eigenvalue weighted by atomic mass is 79.9. The third-order valence-electron chi connectivity index (χ3n) is 4.12. The zero-order valence-electron chi connectivity index (χ0n) is 14.1. The summed E-state index contributed by atoms with van der Waals surface area (Å²) in [6.07, 6.45) is 1.90. The van der Waals surface area contributed by atoms with Crippen molar-refractivity contribution in [2.75, 3.05) is 12.8 Å². The maximum absolute atomic E-state index is 12.6. The van der Waals surface area contributed by atoms with Crippen LogP contribution in [0.4, 0.5) is 5.95 Å². The number of nitrogens with zero attached hydrogens (tertiary/aromatic N) is 2. The molecule has 6 heteroatoms. The Balaban J connectivity index is 1.89. The third-order valence-corrected chi connectivity index (χ3v) is 4.65. The Bertz CT molecular complexity index is 917. The molecule has 2 N–H and O–H groups in total. The SMILES string of the molecule is COc1cccc(C(=O)C[n+]2cc(-c3ccc(Br)cc3)n(C)c2N)c1. The molecule has 0 saturated heterocycles. The molecule has 5 nitrogen and oxygen atoms in total. The van der Waals surface area contributed by atoms with E-state index < -0.39 is 0 Å². The van der Waals surface area contributed by atoms with E-state index in [2.05, 4.69) is 15.9 Å². The van der Waals surface area contributed by atoms with E-state index in [4.69, 9.17) is 10.5 Å². The summed E-state index contributed by atoms with van der Waals surface area (Å²) in [5.74, 6) is 1.16. The van der Waals surface area contributed by atoms with E-state index >= 15 is 0 Å². The summed E-state index contributed by atoms with van der Waals surface area (Å²) >= 11 is 3.43. The van der Waals surface area contributed by atoms with Crippen LogP contribution in [-0.4, -0.2) is 17.5 Å². The van der Waals surface area contributed by atoms with Gasteiger partial charge in [-0.2, -0.15) is 0 Å². The van der Waals surface area contributed by atoms with Gasteiger partial charge in [0, 0.05) is 15.6 Å². The Hall–Kier alpha value is -2.60. The Morgan fingerprint density at radius 3 is 2.64 bits per heavy atom. The molecule has 1 heterocycles. The van der Waals surface area contributed by atoms with Gasteiger partial charge in [-0.15, -0.1) is 0 Å². The van der Waals surface area contributed by atoms with E-state index in [-0.39, 0.29) is 12.3 Å². The molecule has 0 aliphatic rings. The maximum Gasteiger partial charge on any atom is 0.355 e.